The minimum Gasteiger partial charge on any atom is -0.370 e. The van der Waals surface area contributed by atoms with Crippen LogP contribution in [-0.4, -0.2) is 35.0 Å². The number of hydrogen-bond donors (Lipinski definition) is 1. The maximum Gasteiger partial charge on any atom is 0.285 e. The summed E-state index contributed by atoms with van der Waals surface area (Å²) in [4.78, 5) is 36.1. The molecular weight excluding hydrogens is 336 g/mol. The molecule has 1 heterocycles. The van der Waals surface area contributed by atoms with Crippen LogP contribution in [0, 0.1) is 17.0 Å². The predicted molar refractivity (Wildman–Crippen MR) is 99.4 cm³/mol. The van der Waals surface area contributed by atoms with Gasteiger partial charge in [-0.15, -0.1) is 0 Å². The van der Waals surface area contributed by atoms with Crippen LogP contribution >= 0.6 is 0 Å². The van der Waals surface area contributed by atoms with Gasteiger partial charge in [-0.1, -0.05) is 18.2 Å². The molecule has 26 heavy (non-hydrogen) atoms. The van der Waals surface area contributed by atoms with Crippen molar-refractivity contribution >= 4 is 17.3 Å². The number of anilines is 1. The van der Waals surface area contributed by atoms with Crippen molar-refractivity contribution in [1.29, 1.82) is 0 Å². The number of para-hydroxylation sites is 1. The Labute approximate surface area is 151 Å². The lowest BCUT2D eigenvalue weighted by Gasteiger charge is -2.25. The first-order valence-electron chi connectivity index (χ1n) is 8.34. The van der Waals surface area contributed by atoms with E-state index in [0.29, 0.717) is 13.1 Å². The number of rotatable bonds is 8. The van der Waals surface area contributed by atoms with Gasteiger partial charge in [-0.05, 0) is 25.5 Å². The standard InChI is InChI=1S/C18H22N4O4/c1-3-20(16-7-5-4-6-14(16)2)11-10-19-17(23)13-21-12-15(22(25)26)8-9-18(21)24/h4-9,12H,3,10-11,13H2,1-2H3,(H,19,23). The van der Waals surface area contributed by atoms with Crippen LogP contribution in [0.4, 0.5) is 11.4 Å². The van der Waals surface area contributed by atoms with Crippen LogP contribution < -0.4 is 15.8 Å². The molecule has 8 heteroatoms. The average Bonchev–Trinajstić information content (AvgIpc) is 2.61. The van der Waals surface area contributed by atoms with Crippen LogP contribution in [0.1, 0.15) is 12.5 Å². The minimum atomic E-state index is -0.602. The van der Waals surface area contributed by atoms with Crippen LogP contribution in [0.2, 0.25) is 0 Å². The van der Waals surface area contributed by atoms with Crippen molar-refractivity contribution in [3.8, 4) is 0 Å². The zero-order chi connectivity index (χ0) is 19.1. The van der Waals surface area contributed by atoms with E-state index < -0.39 is 10.5 Å². The van der Waals surface area contributed by atoms with Gasteiger partial charge < -0.3 is 10.2 Å². The van der Waals surface area contributed by atoms with E-state index in [1.54, 1.807) is 0 Å². The Morgan fingerprint density at radius 3 is 2.65 bits per heavy atom. The molecule has 0 spiro atoms. The molecule has 0 bridgehead atoms. The molecule has 0 saturated carbocycles. The molecule has 1 amide bonds. The Bertz CT molecular complexity index is 847. The number of amides is 1. The predicted octanol–water partition coefficient (Wildman–Crippen LogP) is 1.71. The minimum absolute atomic E-state index is 0.228. The van der Waals surface area contributed by atoms with Crippen molar-refractivity contribution in [2.75, 3.05) is 24.5 Å². The zero-order valence-electron chi connectivity index (χ0n) is 14.8. The Hall–Kier alpha value is -3.16. The topological polar surface area (TPSA) is 97.5 Å². The SMILES string of the molecule is CCN(CCNC(=O)Cn1cc([N+](=O)[O-])ccc1=O)c1ccccc1C. The van der Waals surface area contributed by atoms with Gasteiger partial charge in [-0.3, -0.25) is 24.3 Å². The Balaban J connectivity index is 1.93. The number of aryl methyl sites for hydroxylation is 1. The molecule has 8 nitrogen and oxygen atoms in total. The van der Waals surface area contributed by atoms with Gasteiger partial charge in [0.05, 0.1) is 11.1 Å². The maximum absolute atomic E-state index is 12.1. The number of pyridine rings is 1. The first-order valence-corrected chi connectivity index (χ1v) is 8.34. The van der Waals surface area contributed by atoms with E-state index >= 15 is 0 Å². The average molecular weight is 358 g/mol. The molecule has 0 unspecified atom stereocenters. The number of nitrogens with zero attached hydrogens (tertiary/aromatic N) is 3. The second-order valence-electron chi connectivity index (χ2n) is 5.83. The molecular formula is C18H22N4O4. The van der Waals surface area contributed by atoms with Crippen molar-refractivity contribution in [3.05, 3.63) is 68.6 Å². The highest BCUT2D eigenvalue weighted by Gasteiger charge is 2.11. The van der Waals surface area contributed by atoms with E-state index in [1.807, 2.05) is 38.1 Å². The van der Waals surface area contributed by atoms with Crippen molar-refractivity contribution in [2.45, 2.75) is 20.4 Å². The van der Waals surface area contributed by atoms with Crippen LogP contribution in [-0.2, 0) is 11.3 Å². The van der Waals surface area contributed by atoms with Gasteiger partial charge in [0.2, 0.25) is 5.91 Å². The van der Waals surface area contributed by atoms with Crippen LogP contribution in [0.25, 0.3) is 0 Å². The van der Waals surface area contributed by atoms with Crippen molar-refractivity contribution in [1.82, 2.24) is 9.88 Å². The van der Waals surface area contributed by atoms with E-state index in [0.717, 1.165) is 40.7 Å². The number of benzene rings is 1. The van der Waals surface area contributed by atoms with Gasteiger partial charge in [0, 0.05) is 37.5 Å². The molecule has 0 atom stereocenters. The molecule has 0 aliphatic heterocycles. The summed E-state index contributed by atoms with van der Waals surface area (Å²) in [6.07, 6.45) is 1.08. The van der Waals surface area contributed by atoms with Gasteiger partial charge >= 0.3 is 0 Å². The number of carbonyl (C=O) groups is 1. The summed E-state index contributed by atoms with van der Waals surface area (Å²) in [5, 5.41) is 13.5. The molecule has 1 aromatic carbocycles. The third-order valence-electron chi connectivity index (χ3n) is 4.03. The summed E-state index contributed by atoms with van der Waals surface area (Å²) in [6.45, 7) is 5.64. The molecule has 0 fully saturated rings. The Morgan fingerprint density at radius 2 is 2.00 bits per heavy atom. The lowest BCUT2D eigenvalue weighted by Crippen LogP contribution is -2.38. The monoisotopic (exact) mass is 358 g/mol. The largest absolute Gasteiger partial charge is 0.370 e. The molecule has 138 valence electrons. The summed E-state index contributed by atoms with van der Waals surface area (Å²) in [5.41, 5.74) is 1.58. The van der Waals surface area contributed by atoms with E-state index in [9.17, 15) is 19.7 Å². The number of aromatic nitrogens is 1. The fourth-order valence-corrected chi connectivity index (χ4v) is 2.66. The van der Waals surface area contributed by atoms with E-state index in [-0.39, 0.29) is 18.1 Å². The fraction of sp³-hybridized carbons (Fsp3) is 0.333. The first-order chi connectivity index (χ1) is 12.4. The number of carbonyl (C=O) groups excluding carboxylic acids is 1. The summed E-state index contributed by atoms with van der Waals surface area (Å²) in [5.74, 6) is -0.367. The van der Waals surface area contributed by atoms with Crippen molar-refractivity contribution in [3.63, 3.8) is 0 Å². The number of hydrogen-bond acceptors (Lipinski definition) is 5. The maximum atomic E-state index is 12.1. The summed E-state index contributed by atoms with van der Waals surface area (Å²) in [6, 6.07) is 10.2. The number of nitrogens with one attached hydrogen (secondary N) is 1. The van der Waals surface area contributed by atoms with E-state index in [2.05, 4.69) is 10.2 Å². The molecule has 0 aliphatic carbocycles. The van der Waals surface area contributed by atoms with Gasteiger partial charge in [-0.2, -0.15) is 0 Å². The third kappa shape index (κ3) is 4.92. The number of nitro groups is 1. The van der Waals surface area contributed by atoms with Crippen LogP contribution in [0.3, 0.4) is 0 Å². The third-order valence-corrected chi connectivity index (χ3v) is 4.03. The Kier molecular flexibility index (Phi) is 6.48. The fourth-order valence-electron chi connectivity index (χ4n) is 2.66. The second kappa shape index (κ2) is 8.80. The number of likely N-dealkylation sites (N-methyl/N-ethyl adjacent to an activating group) is 1. The highest BCUT2D eigenvalue weighted by molar-refractivity contribution is 5.75. The molecule has 2 aromatic rings. The van der Waals surface area contributed by atoms with Gasteiger partial charge in [0.25, 0.3) is 11.2 Å². The van der Waals surface area contributed by atoms with Gasteiger partial charge in [0.1, 0.15) is 6.54 Å². The van der Waals surface area contributed by atoms with Gasteiger partial charge in [0.15, 0.2) is 0 Å². The smallest absolute Gasteiger partial charge is 0.285 e. The highest BCUT2D eigenvalue weighted by atomic mass is 16.6. The highest BCUT2D eigenvalue weighted by Crippen LogP contribution is 2.18. The van der Waals surface area contributed by atoms with Crippen LogP contribution in [0.5, 0.6) is 0 Å². The summed E-state index contributed by atoms with van der Waals surface area (Å²) < 4.78 is 1.03. The molecule has 0 aliphatic rings. The van der Waals surface area contributed by atoms with E-state index in [1.165, 1.54) is 0 Å². The Morgan fingerprint density at radius 1 is 1.27 bits per heavy atom. The summed E-state index contributed by atoms with van der Waals surface area (Å²) in [7, 11) is 0. The second-order valence-corrected chi connectivity index (χ2v) is 5.83. The first kappa shape index (κ1) is 19.2. The molecule has 0 saturated heterocycles. The lowest BCUT2D eigenvalue weighted by molar-refractivity contribution is -0.385. The van der Waals surface area contributed by atoms with Crippen LogP contribution in [0.15, 0.2) is 47.4 Å². The van der Waals surface area contributed by atoms with Crippen molar-refractivity contribution < 1.29 is 9.72 Å². The summed E-state index contributed by atoms with van der Waals surface area (Å²) >= 11 is 0. The normalized spacial score (nSPS) is 10.4. The molecule has 0 radical (unpaired) electrons. The van der Waals surface area contributed by atoms with E-state index in [4.69, 9.17) is 0 Å². The molecule has 2 rings (SSSR count). The molecule has 1 aromatic heterocycles. The van der Waals surface area contributed by atoms with Crippen molar-refractivity contribution in [2.24, 2.45) is 0 Å². The molecule has 1 N–H and O–H groups in total. The van der Waals surface area contributed by atoms with Gasteiger partial charge in [-0.25, -0.2) is 0 Å². The quantitative estimate of drug-likeness (QED) is 0.572. The zero-order valence-corrected chi connectivity index (χ0v) is 14.8. The lowest BCUT2D eigenvalue weighted by atomic mass is 10.2.